The molecule has 6 nitrogen and oxygen atoms in total. The summed E-state index contributed by atoms with van der Waals surface area (Å²) in [6, 6.07) is 9.99. The van der Waals surface area contributed by atoms with E-state index in [9.17, 15) is 19.1 Å². The third kappa shape index (κ3) is 5.62. The van der Waals surface area contributed by atoms with Crippen LogP contribution in [0.2, 0.25) is 0 Å². The van der Waals surface area contributed by atoms with Gasteiger partial charge < -0.3 is 10.2 Å². The Kier molecular flexibility index (Phi) is 7.55. The summed E-state index contributed by atoms with van der Waals surface area (Å²) in [6.45, 7) is 7.91. The summed E-state index contributed by atoms with van der Waals surface area (Å²) in [6.07, 6.45) is 3.54. The second kappa shape index (κ2) is 10.4. The number of hydrogen-bond acceptors (Lipinski definition) is 4. The van der Waals surface area contributed by atoms with Crippen molar-refractivity contribution in [2.45, 2.75) is 45.1 Å². The molecule has 0 aliphatic carbocycles. The van der Waals surface area contributed by atoms with Crippen molar-refractivity contribution in [3.05, 3.63) is 77.8 Å². The van der Waals surface area contributed by atoms with Gasteiger partial charge in [-0.2, -0.15) is 5.10 Å². The maximum Gasteiger partial charge on any atom is 0.310 e. The summed E-state index contributed by atoms with van der Waals surface area (Å²) >= 11 is 0. The normalized spacial score (nSPS) is 12.5. The maximum absolute atomic E-state index is 13.6. The number of rotatable bonds is 10. The Hall–Kier alpha value is -3.58. The zero-order valence-electron chi connectivity index (χ0n) is 18.7. The molecule has 7 heteroatoms. The fourth-order valence-corrected chi connectivity index (χ4v) is 3.86. The van der Waals surface area contributed by atoms with Crippen LogP contribution in [0.25, 0.3) is 22.9 Å². The van der Waals surface area contributed by atoms with Crippen molar-refractivity contribution in [1.29, 1.82) is 0 Å². The number of hydrogen-bond donors (Lipinski definition) is 2. The van der Waals surface area contributed by atoms with Gasteiger partial charge in [0.25, 0.3) is 0 Å². The topological polar surface area (TPSA) is 91.9 Å². The summed E-state index contributed by atoms with van der Waals surface area (Å²) in [5, 5.41) is 23.9. The number of carbonyl (C=O) groups is 2. The molecule has 3 aromatic rings. The van der Waals surface area contributed by atoms with Crippen molar-refractivity contribution in [1.82, 2.24) is 9.61 Å². The van der Waals surface area contributed by atoms with E-state index in [1.165, 1.54) is 18.2 Å². The molecule has 1 unspecified atom stereocenters. The van der Waals surface area contributed by atoms with E-state index in [-0.39, 0.29) is 18.2 Å². The number of nitrogens with zero attached hydrogens (tertiary/aromatic N) is 2. The lowest BCUT2D eigenvalue weighted by molar-refractivity contribution is -0.140. The SMILES string of the molecule is C=CCc1ccc2c(C(C)C)c(C=CC(O)CC(=O)CC(=O)O)c(-c3ccc(F)cc3)nn12. The van der Waals surface area contributed by atoms with Gasteiger partial charge in [0.05, 0.1) is 17.3 Å². The summed E-state index contributed by atoms with van der Waals surface area (Å²) < 4.78 is 15.4. The van der Waals surface area contributed by atoms with Crippen molar-refractivity contribution in [2.75, 3.05) is 0 Å². The number of Topliss-reactive ketones (excluding diaryl/α,β-unsaturated/α-hetero) is 1. The predicted molar refractivity (Wildman–Crippen MR) is 125 cm³/mol. The zero-order valence-corrected chi connectivity index (χ0v) is 18.7. The van der Waals surface area contributed by atoms with Crippen molar-refractivity contribution in [3.8, 4) is 11.3 Å². The highest BCUT2D eigenvalue weighted by atomic mass is 19.1. The van der Waals surface area contributed by atoms with Crippen LogP contribution >= 0.6 is 0 Å². The molecule has 2 N–H and O–H groups in total. The van der Waals surface area contributed by atoms with Gasteiger partial charge in [-0.05, 0) is 47.9 Å². The first kappa shape index (κ1) is 24.1. The van der Waals surface area contributed by atoms with E-state index in [1.54, 1.807) is 24.3 Å². The molecule has 0 spiro atoms. The molecule has 0 aliphatic heterocycles. The Bertz CT molecular complexity index is 1210. The van der Waals surface area contributed by atoms with E-state index in [1.807, 2.05) is 30.5 Å². The molecule has 3 rings (SSSR count). The standard InChI is InChI=1S/C26H27FN2O4/c1-4-5-19-10-13-23-25(16(2)3)22(12-11-20(30)14-21(31)15-24(32)33)26(28-29(19)23)17-6-8-18(27)9-7-17/h4,6-13,16,20,30H,1,5,14-15H2,2-3H3,(H,32,33). The van der Waals surface area contributed by atoms with Crippen LogP contribution in [0.3, 0.4) is 0 Å². The summed E-state index contributed by atoms with van der Waals surface area (Å²) in [5.74, 6) is -2.06. The molecule has 2 heterocycles. The Morgan fingerprint density at radius 1 is 1.18 bits per heavy atom. The monoisotopic (exact) mass is 450 g/mol. The van der Waals surface area contributed by atoms with E-state index in [2.05, 4.69) is 6.58 Å². The summed E-state index contributed by atoms with van der Waals surface area (Å²) in [7, 11) is 0. The first-order valence-electron chi connectivity index (χ1n) is 10.7. The van der Waals surface area contributed by atoms with Crippen LogP contribution in [0, 0.1) is 5.82 Å². The quantitative estimate of drug-likeness (QED) is 0.342. The van der Waals surface area contributed by atoms with Gasteiger partial charge in [0.15, 0.2) is 0 Å². The van der Waals surface area contributed by atoms with Crippen LogP contribution in [-0.4, -0.2) is 37.7 Å². The molecule has 0 amide bonds. The number of aliphatic carboxylic acids is 1. The highest BCUT2D eigenvalue weighted by Crippen LogP contribution is 2.34. The molecule has 0 bridgehead atoms. The smallest absolute Gasteiger partial charge is 0.310 e. The van der Waals surface area contributed by atoms with Crippen LogP contribution < -0.4 is 0 Å². The molecule has 0 saturated heterocycles. The Labute approximate surface area is 191 Å². The number of fused-ring (bicyclic) bond motifs is 1. The second-order valence-electron chi connectivity index (χ2n) is 8.19. The number of aliphatic hydroxyl groups is 1. The number of aliphatic hydroxyl groups excluding tert-OH is 1. The lowest BCUT2D eigenvalue weighted by atomic mass is 9.93. The number of ketones is 1. The van der Waals surface area contributed by atoms with E-state index < -0.39 is 24.3 Å². The van der Waals surface area contributed by atoms with E-state index in [0.717, 1.165) is 22.3 Å². The number of benzene rings is 1. The van der Waals surface area contributed by atoms with Crippen LogP contribution in [0.5, 0.6) is 0 Å². The average Bonchev–Trinajstić information content (AvgIpc) is 3.13. The van der Waals surface area contributed by atoms with Gasteiger partial charge in [0.1, 0.15) is 18.0 Å². The molecule has 0 fully saturated rings. The van der Waals surface area contributed by atoms with E-state index >= 15 is 0 Å². The highest BCUT2D eigenvalue weighted by Gasteiger charge is 2.20. The summed E-state index contributed by atoms with van der Waals surface area (Å²) in [4.78, 5) is 22.5. The highest BCUT2D eigenvalue weighted by molar-refractivity contribution is 5.95. The van der Waals surface area contributed by atoms with Crippen molar-refractivity contribution in [3.63, 3.8) is 0 Å². The fourth-order valence-electron chi connectivity index (χ4n) is 3.86. The molecule has 0 saturated carbocycles. The third-order valence-corrected chi connectivity index (χ3v) is 5.27. The van der Waals surface area contributed by atoms with Crippen LogP contribution in [0.4, 0.5) is 4.39 Å². The Morgan fingerprint density at radius 2 is 1.88 bits per heavy atom. The number of aromatic nitrogens is 2. The second-order valence-corrected chi connectivity index (χ2v) is 8.19. The molecular formula is C26H27FN2O4. The number of allylic oxidation sites excluding steroid dienone is 1. The average molecular weight is 451 g/mol. The largest absolute Gasteiger partial charge is 0.481 e. The first-order chi connectivity index (χ1) is 15.7. The van der Waals surface area contributed by atoms with E-state index in [0.29, 0.717) is 17.7 Å². The number of carbonyl (C=O) groups excluding carboxylic acids is 1. The van der Waals surface area contributed by atoms with Crippen molar-refractivity contribution < 1.29 is 24.2 Å². The minimum absolute atomic E-state index is 0.0895. The molecule has 0 aliphatic rings. The van der Waals surface area contributed by atoms with Gasteiger partial charge >= 0.3 is 5.97 Å². The van der Waals surface area contributed by atoms with Crippen molar-refractivity contribution in [2.24, 2.45) is 0 Å². The Morgan fingerprint density at radius 3 is 2.48 bits per heavy atom. The number of halogens is 1. The molecule has 1 atom stereocenters. The zero-order chi connectivity index (χ0) is 24.1. The molecule has 1 aromatic carbocycles. The van der Waals surface area contributed by atoms with Crippen LogP contribution in [-0.2, 0) is 16.0 Å². The molecule has 172 valence electrons. The fraction of sp³-hybridized carbons (Fsp3) is 0.269. The lowest BCUT2D eigenvalue weighted by Crippen LogP contribution is -2.14. The third-order valence-electron chi connectivity index (χ3n) is 5.27. The number of carboxylic acids is 1. The minimum atomic E-state index is -1.23. The molecular weight excluding hydrogens is 423 g/mol. The predicted octanol–water partition coefficient (Wildman–Crippen LogP) is 4.80. The van der Waals surface area contributed by atoms with Gasteiger partial charge in [-0.3, -0.25) is 9.59 Å². The van der Waals surface area contributed by atoms with Gasteiger partial charge in [0, 0.05) is 29.7 Å². The first-order valence-corrected chi connectivity index (χ1v) is 10.7. The summed E-state index contributed by atoms with van der Waals surface area (Å²) in [5.41, 5.74) is 4.91. The molecule has 33 heavy (non-hydrogen) atoms. The molecule has 2 aromatic heterocycles. The van der Waals surface area contributed by atoms with Crippen LogP contribution in [0.15, 0.2) is 55.1 Å². The van der Waals surface area contributed by atoms with Gasteiger partial charge in [-0.25, -0.2) is 8.91 Å². The van der Waals surface area contributed by atoms with Gasteiger partial charge in [-0.15, -0.1) is 6.58 Å². The minimum Gasteiger partial charge on any atom is -0.481 e. The van der Waals surface area contributed by atoms with Gasteiger partial charge in [0.2, 0.25) is 0 Å². The maximum atomic E-state index is 13.6. The van der Waals surface area contributed by atoms with E-state index in [4.69, 9.17) is 10.2 Å². The van der Waals surface area contributed by atoms with Gasteiger partial charge in [-0.1, -0.05) is 32.1 Å². The number of carboxylic acid groups (broad SMARTS) is 1. The van der Waals surface area contributed by atoms with Crippen molar-refractivity contribution >= 4 is 23.3 Å². The Balaban J connectivity index is 2.16. The lowest BCUT2D eigenvalue weighted by Gasteiger charge is -2.18. The molecule has 0 radical (unpaired) electrons. The van der Waals surface area contributed by atoms with Crippen LogP contribution in [0.1, 0.15) is 49.4 Å².